The van der Waals surface area contributed by atoms with Crippen LogP contribution in [0.2, 0.25) is 0 Å². The molecule has 1 aliphatic rings. The van der Waals surface area contributed by atoms with Gasteiger partial charge in [-0.2, -0.15) is 0 Å². The predicted molar refractivity (Wildman–Crippen MR) is 109 cm³/mol. The number of ketones is 1. The van der Waals surface area contributed by atoms with Crippen molar-refractivity contribution in [3.8, 4) is 23.0 Å². The first kappa shape index (κ1) is 21.0. The number of hydrogen-bond donors (Lipinski definition) is 2. The summed E-state index contributed by atoms with van der Waals surface area (Å²) >= 11 is 0. The summed E-state index contributed by atoms with van der Waals surface area (Å²) in [6.45, 7) is 6.53. The molecule has 156 valence electrons. The van der Waals surface area contributed by atoms with Crippen molar-refractivity contribution in [3.05, 3.63) is 47.0 Å². The molecule has 1 unspecified atom stereocenters. The predicted octanol–water partition coefficient (Wildman–Crippen LogP) is 4.56. The van der Waals surface area contributed by atoms with Crippen LogP contribution in [0.5, 0.6) is 23.0 Å². The summed E-state index contributed by atoms with van der Waals surface area (Å²) in [5.41, 5.74) is 1.35. The number of Topliss-reactive ketones (excluding diaryl/α,β-unsaturated/α-hetero) is 1. The molecule has 0 bridgehead atoms. The highest BCUT2D eigenvalue weighted by molar-refractivity contribution is 6.03. The number of carbonyl (C=O) groups is 1. The Morgan fingerprint density at radius 1 is 1.21 bits per heavy atom. The van der Waals surface area contributed by atoms with E-state index in [4.69, 9.17) is 14.2 Å². The lowest BCUT2D eigenvalue weighted by Crippen LogP contribution is -2.26. The third-order valence-electron chi connectivity index (χ3n) is 5.23. The van der Waals surface area contributed by atoms with Crippen LogP contribution in [0.15, 0.2) is 30.3 Å². The van der Waals surface area contributed by atoms with Gasteiger partial charge in [0.1, 0.15) is 34.7 Å². The molecule has 1 atom stereocenters. The van der Waals surface area contributed by atoms with Gasteiger partial charge in [0.05, 0.1) is 19.1 Å². The van der Waals surface area contributed by atoms with Gasteiger partial charge in [0.2, 0.25) is 0 Å². The number of aromatic hydroxyl groups is 2. The van der Waals surface area contributed by atoms with E-state index < -0.39 is 6.10 Å². The van der Waals surface area contributed by atoms with Crippen LogP contribution in [-0.2, 0) is 11.2 Å². The summed E-state index contributed by atoms with van der Waals surface area (Å²) in [7, 11) is 1.46. The first-order valence-corrected chi connectivity index (χ1v) is 9.81. The summed E-state index contributed by atoms with van der Waals surface area (Å²) in [5, 5.41) is 20.2. The molecular formula is C23H28O6. The highest BCUT2D eigenvalue weighted by atomic mass is 16.5. The molecule has 29 heavy (non-hydrogen) atoms. The molecule has 2 aromatic rings. The Balaban J connectivity index is 2.00. The molecule has 1 heterocycles. The fourth-order valence-electron chi connectivity index (χ4n) is 3.68. The Kier molecular flexibility index (Phi) is 6.03. The molecule has 3 rings (SSSR count). The number of benzene rings is 2. The maximum absolute atomic E-state index is 13.0. The minimum atomic E-state index is -0.499. The molecule has 0 spiro atoms. The molecule has 0 saturated carbocycles. The van der Waals surface area contributed by atoms with Crippen LogP contribution < -0.4 is 9.47 Å². The normalized spacial score (nSPS) is 16.3. The fraction of sp³-hybridized carbons (Fsp3) is 0.435. The number of phenolic OH excluding ortho intramolecular Hbond substituents is 2. The number of fused-ring (bicyclic) bond motifs is 1. The van der Waals surface area contributed by atoms with Gasteiger partial charge in [-0.05, 0) is 51.3 Å². The molecule has 0 amide bonds. The molecule has 0 aliphatic carbocycles. The van der Waals surface area contributed by atoms with E-state index in [0.717, 1.165) is 5.56 Å². The molecule has 0 fully saturated rings. The van der Waals surface area contributed by atoms with Crippen molar-refractivity contribution in [1.29, 1.82) is 0 Å². The van der Waals surface area contributed by atoms with E-state index in [2.05, 4.69) is 0 Å². The van der Waals surface area contributed by atoms with Crippen molar-refractivity contribution < 1.29 is 29.2 Å². The zero-order valence-electron chi connectivity index (χ0n) is 17.3. The largest absolute Gasteiger partial charge is 0.508 e. The Morgan fingerprint density at radius 2 is 1.90 bits per heavy atom. The summed E-state index contributed by atoms with van der Waals surface area (Å²) in [4.78, 5) is 13.0. The molecule has 2 aromatic carbocycles. The van der Waals surface area contributed by atoms with Gasteiger partial charge in [-0.1, -0.05) is 12.1 Å². The van der Waals surface area contributed by atoms with Crippen molar-refractivity contribution in [2.24, 2.45) is 0 Å². The van der Waals surface area contributed by atoms with Crippen LogP contribution >= 0.6 is 0 Å². The quantitative estimate of drug-likeness (QED) is 0.709. The van der Waals surface area contributed by atoms with Crippen LogP contribution in [0.25, 0.3) is 0 Å². The number of ether oxygens (including phenoxy) is 3. The van der Waals surface area contributed by atoms with Crippen LogP contribution in [-0.4, -0.2) is 35.3 Å². The Bertz CT molecular complexity index is 885. The van der Waals surface area contributed by atoms with Crippen LogP contribution in [0.1, 0.15) is 61.2 Å². The van der Waals surface area contributed by atoms with E-state index in [1.807, 2.05) is 20.8 Å². The lowest BCUT2D eigenvalue weighted by atomic mass is 9.90. The second-order valence-electron chi connectivity index (χ2n) is 7.80. The summed E-state index contributed by atoms with van der Waals surface area (Å²) in [6.07, 6.45) is 0.791. The number of hydrogen-bond acceptors (Lipinski definition) is 6. The van der Waals surface area contributed by atoms with E-state index in [1.165, 1.54) is 13.2 Å². The number of methoxy groups -OCH3 is 1. The Hall–Kier alpha value is -2.73. The highest BCUT2D eigenvalue weighted by Crippen LogP contribution is 2.46. The van der Waals surface area contributed by atoms with E-state index >= 15 is 0 Å². The van der Waals surface area contributed by atoms with Crippen LogP contribution in [0, 0.1) is 0 Å². The standard InChI is InChI=1S/C23H28O6/c1-5-28-23(2,3)11-10-16-17(25)12-20(27-4)21-18(26)13-19(29-22(16)21)14-6-8-15(24)9-7-14/h6-9,12,19,24-25H,5,10-11,13H2,1-4H3. The zero-order valence-corrected chi connectivity index (χ0v) is 17.3. The average molecular weight is 400 g/mol. The summed E-state index contributed by atoms with van der Waals surface area (Å²) in [5.74, 6) is 0.746. The molecule has 0 aromatic heterocycles. The van der Waals surface area contributed by atoms with Crippen molar-refractivity contribution >= 4 is 5.78 Å². The SMILES string of the molecule is CCOC(C)(C)CCc1c(O)cc(OC)c2c1OC(c1ccc(O)cc1)CC2=O. The van der Waals surface area contributed by atoms with Crippen LogP contribution in [0.3, 0.4) is 0 Å². The Morgan fingerprint density at radius 3 is 2.52 bits per heavy atom. The van der Waals surface area contributed by atoms with E-state index in [0.29, 0.717) is 42.1 Å². The lowest BCUT2D eigenvalue weighted by Gasteiger charge is -2.30. The fourth-order valence-corrected chi connectivity index (χ4v) is 3.68. The van der Waals surface area contributed by atoms with Crippen molar-refractivity contribution in [3.63, 3.8) is 0 Å². The van der Waals surface area contributed by atoms with Gasteiger partial charge in [-0.15, -0.1) is 0 Å². The molecule has 6 nitrogen and oxygen atoms in total. The second kappa shape index (κ2) is 8.33. The molecule has 6 heteroatoms. The monoisotopic (exact) mass is 400 g/mol. The van der Waals surface area contributed by atoms with Crippen LogP contribution in [0.4, 0.5) is 0 Å². The van der Waals surface area contributed by atoms with Crippen molar-refractivity contribution in [2.75, 3.05) is 13.7 Å². The third kappa shape index (κ3) is 4.48. The molecule has 0 saturated heterocycles. The van der Waals surface area contributed by atoms with E-state index in [9.17, 15) is 15.0 Å². The molecular weight excluding hydrogens is 372 g/mol. The van der Waals surface area contributed by atoms with Crippen molar-refractivity contribution in [2.45, 2.75) is 51.7 Å². The second-order valence-corrected chi connectivity index (χ2v) is 7.80. The summed E-state index contributed by atoms with van der Waals surface area (Å²) < 4.78 is 17.3. The average Bonchev–Trinajstić information content (AvgIpc) is 2.66. The summed E-state index contributed by atoms with van der Waals surface area (Å²) in [6, 6.07) is 8.07. The van der Waals surface area contributed by atoms with Gasteiger partial charge in [-0.3, -0.25) is 4.79 Å². The maximum Gasteiger partial charge on any atom is 0.174 e. The highest BCUT2D eigenvalue weighted by Gasteiger charge is 2.34. The van der Waals surface area contributed by atoms with Gasteiger partial charge in [0.15, 0.2) is 5.78 Å². The first-order valence-electron chi connectivity index (χ1n) is 9.81. The minimum Gasteiger partial charge on any atom is -0.508 e. The zero-order chi connectivity index (χ0) is 21.2. The maximum atomic E-state index is 13.0. The van der Waals surface area contributed by atoms with Crippen molar-refractivity contribution in [1.82, 2.24) is 0 Å². The van der Waals surface area contributed by atoms with Gasteiger partial charge < -0.3 is 24.4 Å². The molecule has 2 N–H and O–H groups in total. The van der Waals surface area contributed by atoms with Gasteiger partial charge >= 0.3 is 0 Å². The lowest BCUT2D eigenvalue weighted by molar-refractivity contribution is -0.0160. The molecule has 0 radical (unpaired) electrons. The topological polar surface area (TPSA) is 85.2 Å². The third-order valence-corrected chi connectivity index (χ3v) is 5.23. The van der Waals surface area contributed by atoms with Gasteiger partial charge in [0, 0.05) is 18.2 Å². The van der Waals surface area contributed by atoms with Gasteiger partial charge in [-0.25, -0.2) is 0 Å². The van der Waals surface area contributed by atoms with E-state index in [1.54, 1.807) is 24.3 Å². The number of rotatable bonds is 7. The minimum absolute atomic E-state index is 0.0343. The smallest absolute Gasteiger partial charge is 0.174 e. The van der Waals surface area contributed by atoms with E-state index in [-0.39, 0.29) is 29.3 Å². The number of carbonyl (C=O) groups excluding carboxylic acids is 1. The first-order chi connectivity index (χ1) is 13.8. The van der Waals surface area contributed by atoms with Gasteiger partial charge in [0.25, 0.3) is 0 Å². The number of phenols is 2. The Labute approximate surface area is 171 Å². The molecule has 1 aliphatic heterocycles.